The Labute approximate surface area is 89.3 Å². The summed E-state index contributed by atoms with van der Waals surface area (Å²) in [4.78, 5) is 13.7. The van der Waals surface area contributed by atoms with Crippen molar-refractivity contribution in [1.29, 1.82) is 0 Å². The standard InChI is InChI=1S/C11H17NOS/c1-5-9-6-10(14-8(9)4)11(13)12-7(2)3/h6-7H,5H2,1-4H3,(H,12,13). The lowest BCUT2D eigenvalue weighted by Gasteiger charge is -2.05. The summed E-state index contributed by atoms with van der Waals surface area (Å²) in [5.41, 5.74) is 1.28. The number of carbonyl (C=O) groups is 1. The van der Waals surface area contributed by atoms with Gasteiger partial charge in [-0.25, -0.2) is 0 Å². The van der Waals surface area contributed by atoms with Crippen LogP contribution in [0.3, 0.4) is 0 Å². The largest absolute Gasteiger partial charge is 0.349 e. The van der Waals surface area contributed by atoms with Crippen LogP contribution in [0.5, 0.6) is 0 Å². The summed E-state index contributed by atoms with van der Waals surface area (Å²) in [6, 6.07) is 2.20. The summed E-state index contributed by atoms with van der Waals surface area (Å²) in [6.07, 6.45) is 0.997. The summed E-state index contributed by atoms with van der Waals surface area (Å²) in [6.45, 7) is 8.12. The van der Waals surface area contributed by atoms with E-state index in [4.69, 9.17) is 0 Å². The first kappa shape index (κ1) is 11.2. The lowest BCUT2D eigenvalue weighted by Crippen LogP contribution is -2.29. The molecule has 3 heteroatoms. The molecule has 1 aromatic heterocycles. The van der Waals surface area contributed by atoms with Crippen molar-refractivity contribution in [2.45, 2.75) is 40.2 Å². The smallest absolute Gasteiger partial charge is 0.261 e. The molecular weight excluding hydrogens is 194 g/mol. The highest BCUT2D eigenvalue weighted by molar-refractivity contribution is 7.14. The second kappa shape index (κ2) is 4.60. The van der Waals surface area contributed by atoms with Crippen LogP contribution in [-0.4, -0.2) is 11.9 Å². The van der Waals surface area contributed by atoms with Crippen LogP contribution in [0.1, 0.15) is 40.9 Å². The van der Waals surface area contributed by atoms with Crippen molar-refractivity contribution in [3.8, 4) is 0 Å². The fraction of sp³-hybridized carbons (Fsp3) is 0.545. The second-order valence-electron chi connectivity index (χ2n) is 3.67. The van der Waals surface area contributed by atoms with Gasteiger partial charge in [0.2, 0.25) is 0 Å². The number of amides is 1. The van der Waals surface area contributed by atoms with Gasteiger partial charge in [-0.1, -0.05) is 6.92 Å². The van der Waals surface area contributed by atoms with Crippen LogP contribution >= 0.6 is 11.3 Å². The van der Waals surface area contributed by atoms with E-state index in [0.29, 0.717) is 0 Å². The van der Waals surface area contributed by atoms with Gasteiger partial charge in [0.05, 0.1) is 4.88 Å². The Balaban J connectivity index is 2.80. The van der Waals surface area contributed by atoms with E-state index >= 15 is 0 Å². The summed E-state index contributed by atoms with van der Waals surface area (Å²) in [7, 11) is 0. The monoisotopic (exact) mass is 211 g/mol. The highest BCUT2D eigenvalue weighted by Gasteiger charge is 2.11. The van der Waals surface area contributed by atoms with E-state index in [2.05, 4.69) is 19.2 Å². The molecule has 1 amide bonds. The van der Waals surface area contributed by atoms with Crippen molar-refractivity contribution in [3.63, 3.8) is 0 Å². The minimum atomic E-state index is 0.0489. The third-order valence-corrected chi connectivity index (χ3v) is 3.14. The molecular formula is C11H17NOS. The van der Waals surface area contributed by atoms with Gasteiger partial charge in [0, 0.05) is 10.9 Å². The van der Waals surface area contributed by atoms with E-state index in [-0.39, 0.29) is 11.9 Å². The van der Waals surface area contributed by atoms with Crippen molar-refractivity contribution >= 4 is 17.2 Å². The van der Waals surface area contributed by atoms with Crippen LogP contribution in [-0.2, 0) is 6.42 Å². The molecule has 78 valence electrons. The molecule has 1 heterocycles. The summed E-state index contributed by atoms with van der Waals surface area (Å²) in [5.74, 6) is 0.0489. The highest BCUT2D eigenvalue weighted by Crippen LogP contribution is 2.21. The van der Waals surface area contributed by atoms with Crippen LogP contribution in [0.2, 0.25) is 0 Å². The molecule has 0 saturated carbocycles. The minimum Gasteiger partial charge on any atom is -0.349 e. The molecule has 14 heavy (non-hydrogen) atoms. The predicted molar refractivity (Wildman–Crippen MR) is 61.0 cm³/mol. The van der Waals surface area contributed by atoms with E-state index in [1.54, 1.807) is 11.3 Å². The van der Waals surface area contributed by atoms with E-state index in [1.165, 1.54) is 10.4 Å². The third-order valence-electron chi connectivity index (χ3n) is 2.05. The molecule has 0 bridgehead atoms. The number of aryl methyl sites for hydroxylation is 2. The number of hydrogen-bond donors (Lipinski definition) is 1. The van der Waals surface area contributed by atoms with E-state index in [1.807, 2.05) is 19.9 Å². The van der Waals surface area contributed by atoms with Crippen LogP contribution in [0.15, 0.2) is 6.07 Å². The number of carbonyl (C=O) groups excluding carboxylic acids is 1. The Morgan fingerprint density at radius 1 is 1.57 bits per heavy atom. The van der Waals surface area contributed by atoms with Gasteiger partial charge in [-0.05, 0) is 38.8 Å². The van der Waals surface area contributed by atoms with Crippen molar-refractivity contribution < 1.29 is 4.79 Å². The zero-order valence-electron chi connectivity index (χ0n) is 9.18. The molecule has 0 saturated heterocycles. The number of thiophene rings is 1. The van der Waals surface area contributed by atoms with Crippen molar-refractivity contribution in [2.75, 3.05) is 0 Å². The molecule has 0 spiro atoms. The molecule has 0 aliphatic heterocycles. The molecule has 1 aromatic rings. The van der Waals surface area contributed by atoms with Gasteiger partial charge in [-0.2, -0.15) is 0 Å². The average Bonchev–Trinajstić information content (AvgIpc) is 2.45. The van der Waals surface area contributed by atoms with Gasteiger partial charge in [0.25, 0.3) is 5.91 Å². The molecule has 0 unspecified atom stereocenters. The zero-order chi connectivity index (χ0) is 10.7. The molecule has 2 nitrogen and oxygen atoms in total. The molecule has 0 aliphatic rings. The molecule has 0 aromatic carbocycles. The first-order valence-corrected chi connectivity index (χ1v) is 5.76. The van der Waals surface area contributed by atoms with E-state index in [9.17, 15) is 4.79 Å². The quantitative estimate of drug-likeness (QED) is 0.818. The van der Waals surface area contributed by atoms with Gasteiger partial charge in [0.15, 0.2) is 0 Å². The molecule has 1 rings (SSSR count). The second-order valence-corrected chi connectivity index (χ2v) is 4.93. The van der Waals surface area contributed by atoms with Crippen molar-refractivity contribution in [3.05, 3.63) is 21.4 Å². The zero-order valence-corrected chi connectivity index (χ0v) is 9.99. The normalized spacial score (nSPS) is 10.6. The Kier molecular flexibility index (Phi) is 3.69. The molecule has 0 fully saturated rings. The van der Waals surface area contributed by atoms with Gasteiger partial charge < -0.3 is 5.32 Å². The van der Waals surface area contributed by atoms with Gasteiger partial charge in [0.1, 0.15) is 0 Å². The Hall–Kier alpha value is -0.830. The van der Waals surface area contributed by atoms with Crippen LogP contribution in [0, 0.1) is 6.92 Å². The van der Waals surface area contributed by atoms with Gasteiger partial charge in [-0.15, -0.1) is 11.3 Å². The highest BCUT2D eigenvalue weighted by atomic mass is 32.1. The maximum absolute atomic E-state index is 11.6. The summed E-state index contributed by atoms with van der Waals surface area (Å²) in [5, 5.41) is 2.90. The fourth-order valence-corrected chi connectivity index (χ4v) is 2.33. The maximum atomic E-state index is 11.6. The number of rotatable bonds is 3. The maximum Gasteiger partial charge on any atom is 0.261 e. The first-order chi connectivity index (χ1) is 6.54. The predicted octanol–water partition coefficient (Wildman–Crippen LogP) is 2.76. The Morgan fingerprint density at radius 3 is 2.64 bits per heavy atom. The van der Waals surface area contributed by atoms with E-state index in [0.717, 1.165) is 11.3 Å². The summed E-state index contributed by atoms with van der Waals surface area (Å²) < 4.78 is 0. The average molecular weight is 211 g/mol. The molecule has 0 radical (unpaired) electrons. The first-order valence-electron chi connectivity index (χ1n) is 4.94. The molecule has 0 aliphatic carbocycles. The SMILES string of the molecule is CCc1cc(C(=O)NC(C)C)sc1C. The van der Waals surface area contributed by atoms with Crippen LogP contribution in [0.25, 0.3) is 0 Å². The molecule has 0 atom stereocenters. The van der Waals surface area contributed by atoms with Crippen LogP contribution < -0.4 is 5.32 Å². The van der Waals surface area contributed by atoms with Crippen molar-refractivity contribution in [1.82, 2.24) is 5.32 Å². The van der Waals surface area contributed by atoms with Crippen molar-refractivity contribution in [2.24, 2.45) is 0 Å². The number of hydrogen-bond acceptors (Lipinski definition) is 2. The number of nitrogens with one attached hydrogen (secondary N) is 1. The molecule has 1 N–H and O–H groups in total. The Bertz CT molecular complexity index is 328. The lowest BCUT2D eigenvalue weighted by molar-refractivity contribution is 0.0947. The topological polar surface area (TPSA) is 29.1 Å². The van der Waals surface area contributed by atoms with E-state index < -0.39 is 0 Å². The third kappa shape index (κ3) is 2.58. The lowest BCUT2D eigenvalue weighted by atomic mass is 10.2. The minimum absolute atomic E-state index is 0.0489. The summed E-state index contributed by atoms with van der Waals surface area (Å²) >= 11 is 1.58. The van der Waals surface area contributed by atoms with Gasteiger partial charge in [-0.3, -0.25) is 4.79 Å². The fourth-order valence-electron chi connectivity index (χ4n) is 1.32. The van der Waals surface area contributed by atoms with Gasteiger partial charge >= 0.3 is 0 Å². The van der Waals surface area contributed by atoms with Crippen LogP contribution in [0.4, 0.5) is 0 Å². The Morgan fingerprint density at radius 2 is 2.21 bits per heavy atom.